The molecule has 0 bridgehead atoms. The molecule has 1 N–H and O–H groups in total. The van der Waals surface area contributed by atoms with Gasteiger partial charge in [-0.2, -0.15) is 0 Å². The predicted molar refractivity (Wildman–Crippen MR) is 83.7 cm³/mol. The van der Waals surface area contributed by atoms with E-state index in [9.17, 15) is 4.39 Å². The van der Waals surface area contributed by atoms with Crippen molar-refractivity contribution < 1.29 is 4.39 Å². The molecule has 2 unspecified atom stereocenters. The Balaban J connectivity index is 2.07. The van der Waals surface area contributed by atoms with Crippen molar-refractivity contribution in [1.29, 1.82) is 0 Å². The van der Waals surface area contributed by atoms with E-state index in [1.807, 2.05) is 6.07 Å². The number of rotatable bonds is 5. The summed E-state index contributed by atoms with van der Waals surface area (Å²) in [6.07, 6.45) is 6.54. The Morgan fingerprint density at radius 2 is 2.05 bits per heavy atom. The summed E-state index contributed by atoms with van der Waals surface area (Å²) < 4.78 is 13.4. The fourth-order valence-electron chi connectivity index (χ4n) is 3.36. The molecule has 2 nitrogen and oxygen atoms in total. The van der Waals surface area contributed by atoms with Crippen LogP contribution < -0.4 is 10.2 Å². The smallest absolute Gasteiger partial charge is 0.125 e. The van der Waals surface area contributed by atoms with Gasteiger partial charge in [-0.05, 0) is 50.9 Å². The Morgan fingerprint density at radius 3 is 2.75 bits per heavy atom. The molecule has 1 aromatic carbocycles. The first-order valence-electron chi connectivity index (χ1n) is 7.92. The third-order valence-electron chi connectivity index (χ3n) is 4.54. The molecule has 0 radical (unpaired) electrons. The van der Waals surface area contributed by atoms with Crippen LogP contribution in [-0.2, 0) is 0 Å². The van der Waals surface area contributed by atoms with Gasteiger partial charge in [-0.1, -0.05) is 25.3 Å². The summed E-state index contributed by atoms with van der Waals surface area (Å²) in [7, 11) is 2.07. The number of anilines is 1. The van der Waals surface area contributed by atoms with Crippen LogP contribution in [0.15, 0.2) is 24.3 Å². The summed E-state index contributed by atoms with van der Waals surface area (Å²) in [5, 5.41) is 3.49. The van der Waals surface area contributed by atoms with Crippen LogP contribution >= 0.6 is 0 Å². The van der Waals surface area contributed by atoms with Crippen LogP contribution in [0.2, 0.25) is 0 Å². The molecule has 112 valence electrons. The maximum atomic E-state index is 13.4. The molecule has 0 aromatic heterocycles. The Bertz CT molecular complexity index is 408. The largest absolute Gasteiger partial charge is 0.371 e. The van der Waals surface area contributed by atoms with E-state index in [0.29, 0.717) is 12.0 Å². The Hall–Kier alpha value is -1.09. The lowest BCUT2D eigenvalue weighted by Gasteiger charge is -2.32. The highest BCUT2D eigenvalue weighted by atomic mass is 19.1. The van der Waals surface area contributed by atoms with Gasteiger partial charge in [0, 0.05) is 24.8 Å². The van der Waals surface area contributed by atoms with Crippen molar-refractivity contribution in [2.45, 2.75) is 45.1 Å². The third kappa shape index (κ3) is 3.95. The molecular formula is C17H27FN2. The van der Waals surface area contributed by atoms with E-state index >= 15 is 0 Å². The Morgan fingerprint density at radius 1 is 1.25 bits per heavy atom. The first-order valence-corrected chi connectivity index (χ1v) is 7.92. The molecule has 1 aliphatic carbocycles. The van der Waals surface area contributed by atoms with Gasteiger partial charge in [0.1, 0.15) is 5.82 Å². The van der Waals surface area contributed by atoms with E-state index in [1.54, 1.807) is 12.1 Å². The average Bonchev–Trinajstić information content (AvgIpc) is 2.69. The molecule has 1 aliphatic rings. The molecule has 0 saturated heterocycles. The fraction of sp³-hybridized carbons (Fsp3) is 0.647. The minimum Gasteiger partial charge on any atom is -0.371 e. The molecular weight excluding hydrogens is 251 g/mol. The van der Waals surface area contributed by atoms with E-state index in [4.69, 9.17) is 0 Å². The average molecular weight is 278 g/mol. The first kappa shape index (κ1) is 15.3. The van der Waals surface area contributed by atoms with Gasteiger partial charge in [0.25, 0.3) is 0 Å². The maximum absolute atomic E-state index is 13.4. The van der Waals surface area contributed by atoms with Crippen molar-refractivity contribution >= 4 is 5.69 Å². The molecule has 1 aromatic rings. The van der Waals surface area contributed by atoms with Gasteiger partial charge in [0.15, 0.2) is 0 Å². The second-order valence-electron chi connectivity index (χ2n) is 5.81. The summed E-state index contributed by atoms with van der Waals surface area (Å²) in [5.41, 5.74) is 1.01. The highest BCUT2D eigenvalue weighted by Gasteiger charge is 2.24. The lowest BCUT2D eigenvalue weighted by atomic mass is 9.94. The van der Waals surface area contributed by atoms with Gasteiger partial charge in [0.2, 0.25) is 0 Å². The standard InChI is InChI=1S/C17H27FN2/c1-3-20(16-10-7-9-15(18)12-16)13-14-8-5-4-6-11-17(14)19-2/h7,9-10,12,14,17,19H,3-6,8,11,13H2,1-2H3. The highest BCUT2D eigenvalue weighted by molar-refractivity contribution is 5.46. The van der Waals surface area contributed by atoms with Gasteiger partial charge in [0.05, 0.1) is 0 Å². The molecule has 2 atom stereocenters. The second-order valence-corrected chi connectivity index (χ2v) is 5.81. The summed E-state index contributed by atoms with van der Waals surface area (Å²) in [5.74, 6) is 0.512. The van der Waals surface area contributed by atoms with E-state index < -0.39 is 0 Å². The van der Waals surface area contributed by atoms with Crippen LogP contribution in [0.25, 0.3) is 0 Å². The zero-order valence-electron chi connectivity index (χ0n) is 12.7. The zero-order chi connectivity index (χ0) is 14.4. The monoisotopic (exact) mass is 278 g/mol. The molecule has 0 spiro atoms. The van der Waals surface area contributed by atoms with Crippen molar-refractivity contribution in [3.8, 4) is 0 Å². The molecule has 2 rings (SSSR count). The van der Waals surface area contributed by atoms with E-state index in [2.05, 4.69) is 24.2 Å². The fourth-order valence-corrected chi connectivity index (χ4v) is 3.36. The normalized spacial score (nSPS) is 23.4. The van der Waals surface area contributed by atoms with Crippen LogP contribution in [0.4, 0.5) is 10.1 Å². The van der Waals surface area contributed by atoms with E-state index in [0.717, 1.165) is 18.8 Å². The summed E-state index contributed by atoms with van der Waals surface area (Å²) in [6, 6.07) is 7.57. The minimum atomic E-state index is -0.146. The number of hydrogen-bond acceptors (Lipinski definition) is 2. The van der Waals surface area contributed by atoms with Gasteiger partial charge < -0.3 is 10.2 Å². The van der Waals surface area contributed by atoms with Crippen LogP contribution in [0.5, 0.6) is 0 Å². The van der Waals surface area contributed by atoms with Crippen LogP contribution in [-0.4, -0.2) is 26.2 Å². The molecule has 1 fully saturated rings. The van der Waals surface area contributed by atoms with Gasteiger partial charge in [-0.15, -0.1) is 0 Å². The van der Waals surface area contributed by atoms with Crippen LogP contribution in [0, 0.1) is 11.7 Å². The number of benzene rings is 1. The molecule has 1 saturated carbocycles. The van der Waals surface area contributed by atoms with Crippen LogP contribution in [0.3, 0.4) is 0 Å². The number of hydrogen-bond donors (Lipinski definition) is 1. The number of nitrogens with zero attached hydrogens (tertiary/aromatic N) is 1. The molecule has 0 heterocycles. The molecule has 0 amide bonds. The van der Waals surface area contributed by atoms with Crippen molar-refractivity contribution in [2.24, 2.45) is 5.92 Å². The third-order valence-corrected chi connectivity index (χ3v) is 4.54. The lowest BCUT2D eigenvalue weighted by Crippen LogP contribution is -2.40. The summed E-state index contributed by atoms with van der Waals surface area (Å²) in [4.78, 5) is 2.31. The van der Waals surface area contributed by atoms with Gasteiger partial charge in [-0.3, -0.25) is 0 Å². The maximum Gasteiger partial charge on any atom is 0.125 e. The van der Waals surface area contributed by atoms with Gasteiger partial charge in [-0.25, -0.2) is 4.39 Å². The molecule has 20 heavy (non-hydrogen) atoms. The van der Waals surface area contributed by atoms with Crippen molar-refractivity contribution in [1.82, 2.24) is 5.32 Å². The van der Waals surface area contributed by atoms with E-state index in [-0.39, 0.29) is 5.82 Å². The predicted octanol–water partition coefficient (Wildman–Crippen LogP) is 3.82. The number of nitrogens with one attached hydrogen (secondary N) is 1. The quantitative estimate of drug-likeness (QED) is 0.824. The van der Waals surface area contributed by atoms with Gasteiger partial charge >= 0.3 is 0 Å². The van der Waals surface area contributed by atoms with Crippen LogP contribution in [0.1, 0.15) is 39.0 Å². The lowest BCUT2D eigenvalue weighted by molar-refractivity contribution is 0.353. The minimum absolute atomic E-state index is 0.146. The molecule has 3 heteroatoms. The summed E-state index contributed by atoms with van der Waals surface area (Å²) >= 11 is 0. The SMILES string of the molecule is CCN(CC1CCCCCC1NC)c1cccc(F)c1. The first-order chi connectivity index (χ1) is 9.74. The Labute approximate surface area is 122 Å². The van der Waals surface area contributed by atoms with E-state index in [1.165, 1.54) is 38.2 Å². The van der Waals surface area contributed by atoms with Crippen molar-refractivity contribution in [3.63, 3.8) is 0 Å². The molecule has 0 aliphatic heterocycles. The van der Waals surface area contributed by atoms with Crippen molar-refractivity contribution in [2.75, 3.05) is 25.0 Å². The van der Waals surface area contributed by atoms with Crippen molar-refractivity contribution in [3.05, 3.63) is 30.1 Å². The highest BCUT2D eigenvalue weighted by Crippen LogP contribution is 2.26. The zero-order valence-corrected chi connectivity index (χ0v) is 12.7. The number of halogens is 1. The second kappa shape index (κ2) is 7.63. The summed E-state index contributed by atoms with van der Waals surface area (Å²) in [6.45, 7) is 4.10. The topological polar surface area (TPSA) is 15.3 Å². The Kier molecular flexibility index (Phi) is 5.84.